The van der Waals surface area contributed by atoms with Crippen molar-refractivity contribution >= 4 is 23.4 Å². The van der Waals surface area contributed by atoms with E-state index < -0.39 is 5.54 Å². The summed E-state index contributed by atoms with van der Waals surface area (Å²) in [4.78, 5) is 44.6. The molecule has 2 aromatic rings. The Kier molecular flexibility index (Phi) is 5.62. The van der Waals surface area contributed by atoms with Gasteiger partial charge in [-0.05, 0) is 48.7 Å². The summed E-state index contributed by atoms with van der Waals surface area (Å²) in [6, 6.07) is 13.3. The molecule has 1 atom stereocenters. The average molecular weight is 451 g/mol. The van der Waals surface area contributed by atoms with E-state index in [1.807, 2.05) is 29.2 Å². The van der Waals surface area contributed by atoms with Gasteiger partial charge in [0, 0.05) is 50.4 Å². The van der Waals surface area contributed by atoms with Crippen LogP contribution >= 0.6 is 0 Å². The number of carbonyl (C=O) groups is 3. The molecule has 0 aliphatic carbocycles. The SMILES string of the molecule is O=C(c1ccc(F)cc1)N1CCN(CC(=O)N2CCCC23Cc2ccccc2NC3=O)CC1. The van der Waals surface area contributed by atoms with Crippen LogP contribution in [0.4, 0.5) is 10.1 Å². The van der Waals surface area contributed by atoms with E-state index in [1.165, 1.54) is 24.3 Å². The normalized spacial score (nSPS) is 22.9. The van der Waals surface area contributed by atoms with Crippen LogP contribution in [0.5, 0.6) is 0 Å². The highest BCUT2D eigenvalue weighted by atomic mass is 19.1. The zero-order valence-corrected chi connectivity index (χ0v) is 18.4. The third-order valence-corrected chi connectivity index (χ3v) is 7.07. The summed E-state index contributed by atoms with van der Waals surface area (Å²) >= 11 is 0. The first-order valence-corrected chi connectivity index (χ1v) is 11.4. The van der Waals surface area contributed by atoms with Crippen LogP contribution in [0.1, 0.15) is 28.8 Å². The fraction of sp³-hybridized carbons (Fsp3) is 0.400. The Balaban J connectivity index is 1.21. The van der Waals surface area contributed by atoms with Crippen molar-refractivity contribution in [2.24, 2.45) is 0 Å². The van der Waals surface area contributed by atoms with Crippen LogP contribution in [0.3, 0.4) is 0 Å². The van der Waals surface area contributed by atoms with E-state index in [-0.39, 0.29) is 30.1 Å². The molecule has 5 rings (SSSR count). The number of piperazine rings is 1. The first-order valence-electron chi connectivity index (χ1n) is 11.4. The number of hydrogen-bond acceptors (Lipinski definition) is 4. The molecule has 172 valence electrons. The molecule has 2 fully saturated rings. The highest BCUT2D eigenvalue weighted by Crippen LogP contribution is 2.39. The summed E-state index contributed by atoms with van der Waals surface area (Å²) in [6.45, 7) is 2.97. The van der Waals surface area contributed by atoms with Gasteiger partial charge in [-0.15, -0.1) is 0 Å². The molecule has 3 heterocycles. The van der Waals surface area contributed by atoms with Gasteiger partial charge in [-0.2, -0.15) is 0 Å². The summed E-state index contributed by atoms with van der Waals surface area (Å²) in [5.74, 6) is -0.635. The number of amides is 3. The standard InChI is InChI=1S/C25H27FN4O3/c26-20-8-6-18(7-9-20)23(32)29-14-12-28(13-15-29)17-22(31)30-11-3-10-25(30)16-19-4-1-2-5-21(19)27-24(25)33/h1-2,4-9H,3,10-17H2,(H,27,33). The second-order valence-corrected chi connectivity index (χ2v) is 9.04. The maximum Gasteiger partial charge on any atom is 0.253 e. The molecule has 0 radical (unpaired) electrons. The Morgan fingerprint density at radius 3 is 2.45 bits per heavy atom. The van der Waals surface area contributed by atoms with Crippen LogP contribution in [0, 0.1) is 5.82 Å². The fourth-order valence-electron chi connectivity index (χ4n) is 5.25. The lowest BCUT2D eigenvalue weighted by Gasteiger charge is -2.42. The Morgan fingerprint density at radius 1 is 0.970 bits per heavy atom. The molecule has 3 amide bonds. The van der Waals surface area contributed by atoms with E-state index in [4.69, 9.17) is 0 Å². The Labute approximate surface area is 192 Å². The molecule has 2 saturated heterocycles. The summed E-state index contributed by atoms with van der Waals surface area (Å²) in [7, 11) is 0. The van der Waals surface area contributed by atoms with Gasteiger partial charge in [-0.25, -0.2) is 4.39 Å². The fourth-order valence-corrected chi connectivity index (χ4v) is 5.25. The monoisotopic (exact) mass is 450 g/mol. The van der Waals surface area contributed by atoms with Gasteiger partial charge in [0.2, 0.25) is 5.91 Å². The molecule has 33 heavy (non-hydrogen) atoms. The van der Waals surface area contributed by atoms with Crippen LogP contribution in [0.2, 0.25) is 0 Å². The van der Waals surface area contributed by atoms with E-state index in [2.05, 4.69) is 5.32 Å². The van der Waals surface area contributed by atoms with Gasteiger partial charge >= 0.3 is 0 Å². The average Bonchev–Trinajstić information content (AvgIpc) is 3.25. The topological polar surface area (TPSA) is 73.0 Å². The van der Waals surface area contributed by atoms with Gasteiger partial charge in [-0.1, -0.05) is 18.2 Å². The van der Waals surface area contributed by atoms with Crippen molar-refractivity contribution in [2.75, 3.05) is 44.6 Å². The molecular formula is C25H27FN4O3. The summed E-state index contributed by atoms with van der Waals surface area (Å²) < 4.78 is 13.1. The van der Waals surface area contributed by atoms with E-state index in [0.29, 0.717) is 51.1 Å². The highest BCUT2D eigenvalue weighted by Gasteiger charge is 2.51. The van der Waals surface area contributed by atoms with E-state index in [0.717, 1.165) is 17.7 Å². The third-order valence-electron chi connectivity index (χ3n) is 7.07. The molecule has 1 unspecified atom stereocenters. The molecule has 3 aliphatic rings. The van der Waals surface area contributed by atoms with Gasteiger partial charge in [0.15, 0.2) is 0 Å². The largest absolute Gasteiger partial charge is 0.336 e. The lowest BCUT2D eigenvalue weighted by molar-refractivity contribution is -0.144. The zero-order valence-electron chi connectivity index (χ0n) is 18.4. The first-order chi connectivity index (χ1) is 16.0. The van der Waals surface area contributed by atoms with Crippen LogP contribution < -0.4 is 5.32 Å². The number of hydrogen-bond donors (Lipinski definition) is 1. The molecule has 1 N–H and O–H groups in total. The number of rotatable bonds is 3. The Bertz CT molecular complexity index is 1080. The lowest BCUT2D eigenvalue weighted by Crippen LogP contribution is -2.60. The number of benzene rings is 2. The van der Waals surface area contributed by atoms with Crippen LogP contribution in [-0.4, -0.2) is 77.2 Å². The number of nitrogens with one attached hydrogen (secondary N) is 1. The van der Waals surface area contributed by atoms with Crippen molar-refractivity contribution in [2.45, 2.75) is 24.8 Å². The van der Waals surface area contributed by atoms with Crippen LogP contribution in [-0.2, 0) is 16.0 Å². The van der Waals surface area contributed by atoms with Crippen molar-refractivity contribution in [1.29, 1.82) is 0 Å². The number of carbonyl (C=O) groups excluding carboxylic acids is 3. The quantitative estimate of drug-likeness (QED) is 0.778. The number of para-hydroxylation sites is 1. The minimum atomic E-state index is -0.814. The smallest absolute Gasteiger partial charge is 0.253 e. The molecule has 3 aliphatic heterocycles. The second-order valence-electron chi connectivity index (χ2n) is 9.04. The van der Waals surface area contributed by atoms with Crippen molar-refractivity contribution in [1.82, 2.24) is 14.7 Å². The zero-order chi connectivity index (χ0) is 23.0. The number of anilines is 1. The summed E-state index contributed by atoms with van der Waals surface area (Å²) in [5.41, 5.74) is 1.54. The van der Waals surface area contributed by atoms with Crippen LogP contribution in [0.15, 0.2) is 48.5 Å². The van der Waals surface area contributed by atoms with Gasteiger partial charge < -0.3 is 15.1 Å². The molecule has 0 bridgehead atoms. The van der Waals surface area contributed by atoms with Crippen LogP contribution in [0.25, 0.3) is 0 Å². The molecule has 1 spiro atoms. The van der Waals surface area contributed by atoms with E-state index in [9.17, 15) is 18.8 Å². The Morgan fingerprint density at radius 2 is 1.70 bits per heavy atom. The van der Waals surface area contributed by atoms with Gasteiger partial charge in [0.25, 0.3) is 11.8 Å². The molecule has 2 aromatic carbocycles. The molecule has 7 nitrogen and oxygen atoms in total. The predicted molar refractivity (Wildman–Crippen MR) is 121 cm³/mol. The minimum Gasteiger partial charge on any atom is -0.336 e. The maximum atomic E-state index is 13.3. The predicted octanol–water partition coefficient (Wildman–Crippen LogP) is 2.14. The van der Waals surface area contributed by atoms with Gasteiger partial charge in [0.1, 0.15) is 11.4 Å². The van der Waals surface area contributed by atoms with Crippen molar-refractivity contribution < 1.29 is 18.8 Å². The van der Waals surface area contributed by atoms with E-state index >= 15 is 0 Å². The number of halogens is 1. The van der Waals surface area contributed by atoms with E-state index in [1.54, 1.807) is 9.80 Å². The third kappa shape index (κ3) is 3.99. The maximum absolute atomic E-state index is 13.3. The molecule has 0 saturated carbocycles. The second kappa shape index (κ2) is 8.59. The van der Waals surface area contributed by atoms with Gasteiger partial charge in [-0.3, -0.25) is 19.3 Å². The Hall–Kier alpha value is -3.26. The van der Waals surface area contributed by atoms with Gasteiger partial charge in [0.05, 0.1) is 6.54 Å². The minimum absolute atomic E-state index is 0.0413. The highest BCUT2D eigenvalue weighted by molar-refractivity contribution is 6.04. The molecule has 8 heteroatoms. The number of likely N-dealkylation sites (tertiary alicyclic amines) is 1. The number of fused-ring (bicyclic) bond motifs is 1. The van der Waals surface area contributed by atoms with Crippen molar-refractivity contribution in [3.05, 3.63) is 65.5 Å². The lowest BCUT2D eigenvalue weighted by atomic mass is 9.83. The summed E-state index contributed by atoms with van der Waals surface area (Å²) in [6.07, 6.45) is 2.01. The number of nitrogens with zero attached hydrogens (tertiary/aromatic N) is 3. The molecule has 0 aromatic heterocycles. The summed E-state index contributed by atoms with van der Waals surface area (Å²) in [5, 5.41) is 3.00. The molecular weight excluding hydrogens is 423 g/mol. The first kappa shape index (κ1) is 21.6. The van der Waals surface area contributed by atoms with Crippen molar-refractivity contribution in [3.63, 3.8) is 0 Å². The van der Waals surface area contributed by atoms with Crippen molar-refractivity contribution in [3.8, 4) is 0 Å².